The van der Waals surface area contributed by atoms with Crippen LogP contribution in [0.5, 0.6) is 0 Å². The molecule has 1 aliphatic heterocycles. The van der Waals surface area contributed by atoms with Gasteiger partial charge in [-0.2, -0.15) is 0 Å². The van der Waals surface area contributed by atoms with Crippen molar-refractivity contribution in [3.05, 3.63) is 40.2 Å². The molecule has 0 saturated carbocycles. The topological polar surface area (TPSA) is 123 Å². The van der Waals surface area contributed by atoms with Crippen LogP contribution in [0.25, 0.3) is 0 Å². The van der Waals surface area contributed by atoms with E-state index >= 15 is 0 Å². The second-order valence-electron chi connectivity index (χ2n) is 7.61. The third kappa shape index (κ3) is 8.95. The lowest BCUT2D eigenvalue weighted by molar-refractivity contribution is -0.384. The molecule has 2 rings (SSSR count). The molecule has 0 spiro atoms. The fourth-order valence-corrected chi connectivity index (χ4v) is 2.19. The van der Waals surface area contributed by atoms with Crippen LogP contribution in [0.3, 0.4) is 0 Å². The molecule has 10 nitrogen and oxygen atoms in total. The summed E-state index contributed by atoms with van der Waals surface area (Å²) in [6.07, 6.45) is -0.0621. The average Bonchev–Trinajstić information content (AvgIpc) is 3.04. The standard InChI is InChI=1S/C13H23N3O4.C6H4FNO2/c1-9-6-19-7-10(9)14-11(16(5)8-17)15-12(18)20-13(2,3)4;7-5-1-3-6(4-2-5)8(9)10/h8-10H,6-7H2,1-5H3,(H,14,15,18);1-4H. The average molecular weight is 426 g/mol. The first-order valence-corrected chi connectivity index (χ1v) is 9.16. The van der Waals surface area contributed by atoms with E-state index in [0.717, 1.165) is 24.3 Å². The van der Waals surface area contributed by atoms with Gasteiger partial charge in [0, 0.05) is 25.1 Å². The zero-order valence-corrected chi connectivity index (χ0v) is 17.6. The van der Waals surface area contributed by atoms with Crippen molar-refractivity contribution in [2.75, 3.05) is 20.3 Å². The highest BCUT2D eigenvalue weighted by molar-refractivity contribution is 5.98. The number of carbonyl (C=O) groups is 2. The van der Waals surface area contributed by atoms with Gasteiger partial charge in [0.15, 0.2) is 0 Å². The molecular formula is C19H27FN4O6. The SMILES string of the molecule is CC1COCC1N=C(NC(=O)OC(C)(C)C)N(C)C=O.O=[N+]([O-])c1ccc(F)cc1. The number of hydrogen-bond donors (Lipinski definition) is 1. The molecule has 0 aliphatic carbocycles. The van der Waals surface area contributed by atoms with Crippen molar-refractivity contribution in [3.8, 4) is 0 Å². The maximum absolute atomic E-state index is 12.1. The number of nitro groups is 1. The lowest BCUT2D eigenvalue weighted by atomic mass is 10.1. The smallest absolute Gasteiger partial charge is 0.414 e. The highest BCUT2D eigenvalue weighted by atomic mass is 19.1. The van der Waals surface area contributed by atoms with E-state index in [1.165, 1.54) is 11.9 Å². The molecule has 166 valence electrons. The van der Waals surface area contributed by atoms with Gasteiger partial charge in [0.25, 0.3) is 5.69 Å². The summed E-state index contributed by atoms with van der Waals surface area (Å²) in [5.74, 6) is -0.0623. The minimum atomic E-state index is -0.642. The normalized spacial score (nSPS) is 18.7. The Bertz CT molecular complexity index is 763. The largest absolute Gasteiger partial charge is 0.444 e. The summed E-state index contributed by atoms with van der Waals surface area (Å²) in [5, 5.41) is 12.5. The summed E-state index contributed by atoms with van der Waals surface area (Å²) < 4.78 is 22.6. The van der Waals surface area contributed by atoms with Crippen molar-refractivity contribution >= 4 is 24.2 Å². The molecule has 0 radical (unpaired) electrons. The summed E-state index contributed by atoms with van der Waals surface area (Å²) in [4.78, 5) is 37.6. The molecule has 30 heavy (non-hydrogen) atoms. The van der Waals surface area contributed by atoms with E-state index in [9.17, 15) is 24.1 Å². The van der Waals surface area contributed by atoms with Crippen molar-refractivity contribution in [3.63, 3.8) is 0 Å². The lowest BCUT2D eigenvalue weighted by Crippen LogP contribution is -2.44. The number of alkyl carbamates (subject to hydrolysis) is 1. The second-order valence-corrected chi connectivity index (χ2v) is 7.61. The quantitative estimate of drug-likeness (QED) is 0.261. The molecule has 0 aromatic heterocycles. The van der Waals surface area contributed by atoms with Crippen LogP contribution in [-0.2, 0) is 14.3 Å². The fraction of sp³-hybridized carbons (Fsp3) is 0.526. The third-order valence-electron chi connectivity index (χ3n) is 3.76. The van der Waals surface area contributed by atoms with Crippen LogP contribution in [0, 0.1) is 21.8 Å². The van der Waals surface area contributed by atoms with Gasteiger partial charge in [0.05, 0.1) is 24.2 Å². The Balaban J connectivity index is 0.000000375. The number of non-ortho nitro benzene ring substituents is 1. The van der Waals surface area contributed by atoms with Gasteiger partial charge in [-0.1, -0.05) is 6.92 Å². The number of amides is 2. The monoisotopic (exact) mass is 426 g/mol. The summed E-state index contributed by atoms with van der Waals surface area (Å²) in [7, 11) is 1.52. The third-order valence-corrected chi connectivity index (χ3v) is 3.76. The number of nitrogens with zero attached hydrogens (tertiary/aromatic N) is 3. The van der Waals surface area contributed by atoms with Crippen LogP contribution in [0.15, 0.2) is 29.3 Å². The van der Waals surface area contributed by atoms with Gasteiger partial charge in [0.1, 0.15) is 11.4 Å². The molecule has 2 amide bonds. The Morgan fingerprint density at radius 1 is 1.37 bits per heavy atom. The minimum absolute atomic E-state index is 0.0812. The zero-order chi connectivity index (χ0) is 22.9. The van der Waals surface area contributed by atoms with Crippen LogP contribution in [0.1, 0.15) is 27.7 Å². The Hall–Kier alpha value is -3.08. The molecule has 1 fully saturated rings. The van der Waals surface area contributed by atoms with Crippen LogP contribution < -0.4 is 5.32 Å². The van der Waals surface area contributed by atoms with Gasteiger partial charge in [0.2, 0.25) is 12.4 Å². The maximum atomic E-state index is 12.1. The lowest BCUT2D eigenvalue weighted by Gasteiger charge is -2.22. The summed E-state index contributed by atoms with van der Waals surface area (Å²) >= 11 is 0. The molecule has 1 aromatic rings. The first-order chi connectivity index (χ1) is 13.9. The van der Waals surface area contributed by atoms with Gasteiger partial charge in [-0.05, 0) is 32.9 Å². The molecule has 2 atom stereocenters. The highest BCUT2D eigenvalue weighted by Gasteiger charge is 2.26. The van der Waals surface area contributed by atoms with E-state index in [1.54, 1.807) is 20.8 Å². The first kappa shape index (κ1) is 25.0. The van der Waals surface area contributed by atoms with Gasteiger partial charge < -0.3 is 9.47 Å². The highest BCUT2D eigenvalue weighted by Crippen LogP contribution is 2.16. The van der Waals surface area contributed by atoms with E-state index in [1.807, 2.05) is 6.92 Å². The van der Waals surface area contributed by atoms with Gasteiger partial charge >= 0.3 is 6.09 Å². The summed E-state index contributed by atoms with van der Waals surface area (Å²) in [6, 6.07) is 4.27. The van der Waals surface area contributed by atoms with Gasteiger partial charge in [-0.3, -0.25) is 25.1 Å². The molecule has 1 aliphatic rings. The molecule has 0 bridgehead atoms. The number of aliphatic imine (C=N–C) groups is 1. The number of ether oxygens (including phenoxy) is 2. The molecule has 1 N–H and O–H groups in total. The first-order valence-electron chi connectivity index (χ1n) is 9.16. The van der Waals surface area contributed by atoms with Crippen molar-refractivity contribution in [1.29, 1.82) is 0 Å². The van der Waals surface area contributed by atoms with Gasteiger partial charge in [-0.15, -0.1) is 0 Å². The van der Waals surface area contributed by atoms with Crippen LogP contribution in [0.4, 0.5) is 14.9 Å². The van der Waals surface area contributed by atoms with E-state index in [-0.39, 0.29) is 23.6 Å². The Kier molecular flexibility index (Phi) is 9.31. The number of hydrogen-bond acceptors (Lipinski definition) is 7. The number of nitro benzene ring substituents is 1. The van der Waals surface area contributed by atoms with E-state index in [0.29, 0.717) is 19.6 Å². The zero-order valence-electron chi connectivity index (χ0n) is 17.6. The summed E-state index contributed by atoms with van der Waals surface area (Å²) in [5.41, 5.74) is -0.708. The van der Waals surface area contributed by atoms with Gasteiger partial charge in [-0.25, -0.2) is 14.2 Å². The Morgan fingerprint density at radius 3 is 2.40 bits per heavy atom. The second kappa shape index (κ2) is 11.2. The van der Waals surface area contributed by atoms with Crippen molar-refractivity contribution in [1.82, 2.24) is 10.2 Å². The molecule has 1 saturated heterocycles. The predicted molar refractivity (Wildman–Crippen MR) is 107 cm³/mol. The number of halogens is 1. The number of rotatable bonds is 3. The van der Waals surface area contributed by atoms with Crippen molar-refractivity contribution in [2.45, 2.75) is 39.3 Å². The number of nitrogens with one attached hydrogen (secondary N) is 1. The predicted octanol–water partition coefficient (Wildman–Crippen LogP) is 2.72. The number of benzene rings is 1. The van der Waals surface area contributed by atoms with E-state index in [2.05, 4.69) is 10.3 Å². The maximum Gasteiger partial charge on any atom is 0.414 e. The molecular weight excluding hydrogens is 399 g/mol. The number of guanidine groups is 1. The van der Waals surface area contributed by atoms with Crippen molar-refractivity contribution in [2.24, 2.45) is 10.9 Å². The molecule has 1 heterocycles. The van der Waals surface area contributed by atoms with Crippen LogP contribution >= 0.6 is 0 Å². The summed E-state index contributed by atoms with van der Waals surface area (Å²) in [6.45, 7) is 8.40. The van der Waals surface area contributed by atoms with E-state index in [4.69, 9.17) is 9.47 Å². The molecule has 11 heteroatoms. The van der Waals surface area contributed by atoms with Crippen LogP contribution in [-0.4, -0.2) is 60.2 Å². The molecule has 2 unspecified atom stereocenters. The van der Waals surface area contributed by atoms with Crippen molar-refractivity contribution < 1.29 is 28.4 Å². The van der Waals surface area contributed by atoms with E-state index < -0.39 is 22.4 Å². The number of carbonyl (C=O) groups excluding carboxylic acids is 2. The Labute approximate surface area is 174 Å². The Morgan fingerprint density at radius 2 is 1.97 bits per heavy atom. The molecule has 1 aromatic carbocycles. The minimum Gasteiger partial charge on any atom is -0.444 e. The van der Waals surface area contributed by atoms with Crippen LogP contribution in [0.2, 0.25) is 0 Å². The fourth-order valence-electron chi connectivity index (χ4n) is 2.19.